The minimum atomic E-state index is 0.294. The number of ether oxygens (including phenoxy) is 1. The van der Waals surface area contributed by atoms with Crippen molar-refractivity contribution in [3.05, 3.63) is 12.7 Å². The van der Waals surface area contributed by atoms with Gasteiger partial charge in [-0.3, -0.25) is 4.79 Å². The smallest absolute Gasteiger partial charge is 0.223 e. The Balaban J connectivity index is 1.64. The summed E-state index contributed by atoms with van der Waals surface area (Å²) in [6.45, 7) is 5.59. The highest BCUT2D eigenvalue weighted by Gasteiger charge is 2.44. The van der Waals surface area contributed by atoms with Crippen molar-refractivity contribution in [3.8, 4) is 0 Å². The molecule has 2 heterocycles. The summed E-state index contributed by atoms with van der Waals surface area (Å²) in [6, 6.07) is 0.804. The summed E-state index contributed by atoms with van der Waals surface area (Å²) in [5.41, 5.74) is 0. The van der Waals surface area contributed by atoms with E-state index in [0.29, 0.717) is 23.9 Å². The van der Waals surface area contributed by atoms with Crippen LogP contribution in [-0.2, 0) is 9.53 Å². The van der Waals surface area contributed by atoms with Gasteiger partial charge in [0.25, 0.3) is 0 Å². The van der Waals surface area contributed by atoms with Crippen LogP contribution >= 0.6 is 0 Å². The Labute approximate surface area is 116 Å². The number of fused-ring (bicyclic) bond motifs is 1. The normalized spacial score (nSPS) is 35.4. The molecule has 2 aliphatic heterocycles. The lowest BCUT2D eigenvalue weighted by molar-refractivity contribution is -0.135. The lowest BCUT2D eigenvalue weighted by atomic mass is 9.95. The van der Waals surface area contributed by atoms with Crippen molar-refractivity contribution in [2.75, 3.05) is 13.2 Å². The fourth-order valence-electron chi connectivity index (χ4n) is 4.21. The lowest BCUT2D eigenvalue weighted by Gasteiger charge is -2.31. The van der Waals surface area contributed by atoms with E-state index in [2.05, 4.69) is 11.5 Å². The first kappa shape index (κ1) is 13.2. The highest BCUT2D eigenvalue weighted by molar-refractivity contribution is 5.78. The Morgan fingerprint density at radius 1 is 1.26 bits per heavy atom. The van der Waals surface area contributed by atoms with Gasteiger partial charge in [-0.25, -0.2) is 0 Å². The van der Waals surface area contributed by atoms with Crippen LogP contribution in [0.2, 0.25) is 0 Å². The van der Waals surface area contributed by atoms with Crippen molar-refractivity contribution in [3.63, 3.8) is 0 Å². The van der Waals surface area contributed by atoms with Crippen molar-refractivity contribution in [2.24, 2.45) is 11.8 Å². The van der Waals surface area contributed by atoms with Crippen LogP contribution in [0.5, 0.6) is 0 Å². The second-order valence-electron chi connectivity index (χ2n) is 6.36. The highest BCUT2D eigenvalue weighted by atomic mass is 16.5. The van der Waals surface area contributed by atoms with Crippen molar-refractivity contribution in [2.45, 2.75) is 57.0 Å². The second-order valence-corrected chi connectivity index (χ2v) is 6.36. The standard InChI is InChI=1S/C16H25NO2/c1-2-14-11-13-4-3-5-15(13)17(14)16(18)10-12-6-8-19-9-7-12/h2,12-15H,1,3-11H2. The van der Waals surface area contributed by atoms with Gasteiger partial charge in [0, 0.05) is 25.7 Å². The molecule has 0 radical (unpaired) electrons. The molecule has 3 fully saturated rings. The third-order valence-electron chi connectivity index (χ3n) is 5.24. The summed E-state index contributed by atoms with van der Waals surface area (Å²) < 4.78 is 5.38. The molecule has 3 atom stereocenters. The molecule has 0 spiro atoms. The Bertz CT molecular complexity index is 349. The van der Waals surface area contributed by atoms with Gasteiger partial charge in [0.1, 0.15) is 0 Å². The molecule has 2 saturated heterocycles. The first-order chi connectivity index (χ1) is 9.29. The molecule has 19 heavy (non-hydrogen) atoms. The predicted molar refractivity (Wildman–Crippen MR) is 74.7 cm³/mol. The number of amides is 1. The number of likely N-dealkylation sites (tertiary alicyclic amines) is 1. The Hall–Kier alpha value is -0.830. The van der Waals surface area contributed by atoms with Crippen LogP contribution in [0, 0.1) is 11.8 Å². The lowest BCUT2D eigenvalue weighted by Crippen LogP contribution is -2.41. The Morgan fingerprint density at radius 2 is 2.05 bits per heavy atom. The number of rotatable bonds is 3. The highest BCUT2D eigenvalue weighted by Crippen LogP contribution is 2.42. The summed E-state index contributed by atoms with van der Waals surface area (Å²) in [4.78, 5) is 14.8. The number of carbonyl (C=O) groups is 1. The average Bonchev–Trinajstić information content (AvgIpc) is 2.99. The number of hydrogen-bond donors (Lipinski definition) is 0. The van der Waals surface area contributed by atoms with E-state index in [1.165, 1.54) is 19.3 Å². The van der Waals surface area contributed by atoms with E-state index in [-0.39, 0.29) is 0 Å². The van der Waals surface area contributed by atoms with E-state index in [9.17, 15) is 4.79 Å². The molecular weight excluding hydrogens is 238 g/mol. The zero-order valence-electron chi connectivity index (χ0n) is 11.7. The molecule has 3 aliphatic rings. The van der Waals surface area contributed by atoms with Gasteiger partial charge < -0.3 is 9.64 Å². The van der Waals surface area contributed by atoms with Crippen LogP contribution in [-0.4, -0.2) is 36.1 Å². The van der Waals surface area contributed by atoms with Gasteiger partial charge in [-0.1, -0.05) is 12.5 Å². The zero-order valence-corrected chi connectivity index (χ0v) is 11.7. The minimum Gasteiger partial charge on any atom is -0.381 e. The monoisotopic (exact) mass is 263 g/mol. The summed E-state index contributed by atoms with van der Waals surface area (Å²) in [5, 5.41) is 0. The van der Waals surface area contributed by atoms with Crippen LogP contribution in [0.15, 0.2) is 12.7 Å². The van der Waals surface area contributed by atoms with Gasteiger partial charge in [0.15, 0.2) is 0 Å². The van der Waals surface area contributed by atoms with Gasteiger partial charge >= 0.3 is 0 Å². The summed E-state index contributed by atoms with van der Waals surface area (Å²) in [7, 11) is 0. The van der Waals surface area contributed by atoms with Crippen molar-refractivity contribution in [1.82, 2.24) is 4.90 Å². The van der Waals surface area contributed by atoms with E-state index >= 15 is 0 Å². The second kappa shape index (κ2) is 5.66. The fraction of sp³-hybridized carbons (Fsp3) is 0.812. The third kappa shape index (κ3) is 2.58. The first-order valence-electron chi connectivity index (χ1n) is 7.81. The zero-order chi connectivity index (χ0) is 13.2. The van der Waals surface area contributed by atoms with E-state index in [4.69, 9.17) is 4.74 Å². The van der Waals surface area contributed by atoms with Crippen molar-refractivity contribution >= 4 is 5.91 Å². The largest absolute Gasteiger partial charge is 0.381 e. The Morgan fingerprint density at radius 3 is 2.79 bits per heavy atom. The maximum Gasteiger partial charge on any atom is 0.223 e. The summed E-state index contributed by atoms with van der Waals surface area (Å²) in [5.74, 6) is 1.64. The summed E-state index contributed by atoms with van der Waals surface area (Å²) >= 11 is 0. The molecule has 0 bridgehead atoms. The van der Waals surface area contributed by atoms with Crippen LogP contribution in [0.4, 0.5) is 0 Å². The molecule has 3 nitrogen and oxygen atoms in total. The topological polar surface area (TPSA) is 29.5 Å². The van der Waals surface area contributed by atoms with Crippen LogP contribution in [0.1, 0.15) is 44.9 Å². The van der Waals surface area contributed by atoms with E-state index in [0.717, 1.165) is 44.8 Å². The SMILES string of the molecule is C=CC1CC2CCCC2N1C(=O)CC1CCOCC1. The van der Waals surface area contributed by atoms with Gasteiger partial charge in [0.05, 0.1) is 6.04 Å². The van der Waals surface area contributed by atoms with Crippen LogP contribution in [0.25, 0.3) is 0 Å². The van der Waals surface area contributed by atoms with Gasteiger partial charge in [-0.05, 0) is 43.9 Å². The molecule has 3 heteroatoms. The third-order valence-corrected chi connectivity index (χ3v) is 5.24. The summed E-state index contributed by atoms with van der Waals surface area (Å²) in [6.07, 6.45) is 9.74. The van der Waals surface area contributed by atoms with Gasteiger partial charge in [-0.2, -0.15) is 0 Å². The predicted octanol–water partition coefficient (Wildman–Crippen LogP) is 2.76. The molecule has 106 valence electrons. The van der Waals surface area contributed by atoms with Gasteiger partial charge in [0.2, 0.25) is 5.91 Å². The maximum absolute atomic E-state index is 12.7. The van der Waals surface area contributed by atoms with Crippen LogP contribution < -0.4 is 0 Å². The maximum atomic E-state index is 12.7. The number of carbonyl (C=O) groups excluding carboxylic acids is 1. The average molecular weight is 263 g/mol. The molecule has 1 amide bonds. The number of nitrogens with zero attached hydrogens (tertiary/aromatic N) is 1. The van der Waals surface area contributed by atoms with Crippen LogP contribution in [0.3, 0.4) is 0 Å². The molecule has 1 aliphatic carbocycles. The van der Waals surface area contributed by atoms with Crippen molar-refractivity contribution in [1.29, 1.82) is 0 Å². The first-order valence-corrected chi connectivity index (χ1v) is 7.81. The van der Waals surface area contributed by atoms with E-state index in [1.807, 2.05) is 6.08 Å². The Kier molecular flexibility index (Phi) is 3.92. The molecule has 1 saturated carbocycles. The molecule has 0 aromatic heterocycles. The van der Waals surface area contributed by atoms with E-state index in [1.54, 1.807) is 0 Å². The molecule has 0 aromatic rings. The minimum absolute atomic E-state index is 0.294. The van der Waals surface area contributed by atoms with Crippen molar-refractivity contribution < 1.29 is 9.53 Å². The van der Waals surface area contributed by atoms with E-state index < -0.39 is 0 Å². The molecule has 0 N–H and O–H groups in total. The molecule has 3 rings (SSSR count). The quantitative estimate of drug-likeness (QED) is 0.733. The number of hydrogen-bond acceptors (Lipinski definition) is 2. The molecule has 0 aromatic carbocycles. The molecule has 3 unspecified atom stereocenters. The van der Waals surface area contributed by atoms with Gasteiger partial charge in [-0.15, -0.1) is 6.58 Å². The molecular formula is C16H25NO2. The fourth-order valence-corrected chi connectivity index (χ4v) is 4.21.